The third-order valence-electron chi connectivity index (χ3n) is 18.8. The number of nitrogens with one attached hydrogen (secondary N) is 4. The number of Topliss-reactive ketones (excluding diaryl/α,β-unsaturated/α-hetero) is 2. The number of benzene rings is 4. The minimum absolute atomic E-state index is 0.0212. The quantitative estimate of drug-likeness (QED) is 0.0639. The number of hydrogen-bond acceptors (Lipinski definition) is 10. The highest BCUT2D eigenvalue weighted by Gasteiger charge is 2.54. The van der Waals surface area contributed by atoms with Gasteiger partial charge in [0.15, 0.2) is 29.2 Å². The zero-order valence-corrected chi connectivity index (χ0v) is 45.6. The van der Waals surface area contributed by atoms with Crippen LogP contribution in [0.25, 0.3) is 16.8 Å². The fraction of sp³-hybridized carbons (Fsp3) is 0.463. The van der Waals surface area contributed by atoms with Crippen LogP contribution in [-0.4, -0.2) is 82.0 Å². The number of β-amino-alcohol motifs (C(OH)–C–C–N with tert-alkyl or cyclic N) is 1. The lowest BCUT2D eigenvalue weighted by Crippen LogP contribution is -2.53. The number of aliphatic hydroxyl groups excluding tert-OH is 3. The van der Waals surface area contributed by atoms with Crippen LogP contribution in [0.1, 0.15) is 135 Å². The Morgan fingerprint density at radius 3 is 2.55 bits per heavy atom. The van der Waals surface area contributed by atoms with Gasteiger partial charge in [-0.05, 0) is 167 Å². The maximum Gasteiger partial charge on any atom is 0.173 e. The largest absolute Gasteiger partial charge is 0.504 e. The Hall–Kier alpha value is -6.42. The van der Waals surface area contributed by atoms with Gasteiger partial charge in [0.1, 0.15) is 5.82 Å². The summed E-state index contributed by atoms with van der Waals surface area (Å²) in [6, 6.07) is 26.2. The van der Waals surface area contributed by atoms with Gasteiger partial charge in [0.25, 0.3) is 0 Å². The molecular weight excluding hydrogens is 973 g/mol. The molecule has 8 N–H and O–H groups in total. The van der Waals surface area contributed by atoms with Gasteiger partial charge >= 0.3 is 0 Å². The first kappa shape index (κ1) is 53.6. The number of ketones is 2. The Morgan fingerprint density at radius 1 is 0.872 bits per heavy atom. The topological polar surface area (TPSA) is 176 Å². The summed E-state index contributed by atoms with van der Waals surface area (Å²) in [5.74, 6) is 5.62. The molecule has 2 aliphatic heterocycles. The average Bonchev–Trinajstić information content (AvgIpc) is 3.96. The van der Waals surface area contributed by atoms with E-state index in [2.05, 4.69) is 114 Å². The number of aliphatic hydroxyl groups is 3. The number of methoxy groups -OCH3 is 1. The monoisotopic (exact) mass is 1050 g/mol. The van der Waals surface area contributed by atoms with Gasteiger partial charge in [-0.25, -0.2) is 0 Å². The number of rotatable bonds is 4. The molecule has 0 radical (unpaired) electrons. The van der Waals surface area contributed by atoms with Crippen molar-refractivity contribution >= 4 is 34.1 Å². The van der Waals surface area contributed by atoms with Crippen LogP contribution in [0.5, 0.6) is 11.5 Å². The summed E-state index contributed by atoms with van der Waals surface area (Å²) in [4.78, 5) is 33.5. The van der Waals surface area contributed by atoms with Crippen LogP contribution < -0.4 is 20.7 Å². The molecule has 11 rings (SSSR count). The summed E-state index contributed by atoms with van der Waals surface area (Å²) in [6.45, 7) is 6.17. The minimum atomic E-state index is -1.83. The van der Waals surface area contributed by atoms with Crippen LogP contribution in [0.2, 0.25) is 0 Å². The van der Waals surface area contributed by atoms with Crippen molar-refractivity contribution in [3.05, 3.63) is 154 Å². The number of fused-ring (bicyclic) bond motifs is 7. The molecule has 1 aromatic heterocycles. The van der Waals surface area contributed by atoms with Crippen LogP contribution in [0.15, 0.2) is 115 Å². The second-order valence-electron chi connectivity index (χ2n) is 23.7. The predicted octanol–water partition coefficient (Wildman–Crippen LogP) is 10.5. The summed E-state index contributed by atoms with van der Waals surface area (Å²) in [5.41, 5.74) is 8.47. The van der Waals surface area contributed by atoms with E-state index in [9.17, 15) is 25.2 Å². The van der Waals surface area contributed by atoms with Crippen LogP contribution in [0, 0.1) is 47.3 Å². The van der Waals surface area contributed by atoms with Gasteiger partial charge < -0.3 is 46.1 Å². The third kappa shape index (κ3) is 10.7. The fourth-order valence-electron chi connectivity index (χ4n) is 14.9. The molecule has 2 fully saturated rings. The number of H-pyrrole nitrogens is 1. The van der Waals surface area contributed by atoms with Gasteiger partial charge in [-0.1, -0.05) is 118 Å². The number of aromatic nitrogens is 1. The summed E-state index contributed by atoms with van der Waals surface area (Å²) in [7, 11) is 1.49. The van der Waals surface area contributed by atoms with E-state index in [4.69, 9.17) is 4.74 Å². The number of phenolic OH excluding ortho intramolecular Hbond substituents is 1. The van der Waals surface area contributed by atoms with Crippen LogP contribution in [-0.2, 0) is 27.8 Å². The molecule has 4 aromatic carbocycles. The van der Waals surface area contributed by atoms with Crippen molar-refractivity contribution in [3.63, 3.8) is 0 Å². The normalized spacial score (nSPS) is 30.6. The van der Waals surface area contributed by atoms with Crippen molar-refractivity contribution in [2.45, 2.75) is 133 Å². The predicted molar refractivity (Wildman–Crippen MR) is 308 cm³/mol. The van der Waals surface area contributed by atoms with Gasteiger partial charge in [0, 0.05) is 60.9 Å². The molecule has 12 atom stereocenters. The molecule has 4 aliphatic carbocycles. The van der Waals surface area contributed by atoms with Crippen LogP contribution >= 0.6 is 0 Å². The smallest absolute Gasteiger partial charge is 0.173 e. The van der Waals surface area contributed by atoms with Crippen molar-refractivity contribution in [3.8, 4) is 23.3 Å². The second kappa shape index (κ2) is 23.1. The standard InChI is InChI=1S/C67H78N4O7/c1-4-10-54-49-30-43(29-46-17-21-53(45-11-6-5-7-12-45)56-36-60(74)61(78-3)35-47(56)18-23-59(73)64(76)63(75)57(46)34-49)27-42-24-26-69-62(32-42)71-51-20-16-44-15-14-41(28-48(44)33-51)31-52(72)38-68-37-40(2)58-39-70-65-55(58)22-19-50-13-8-9-25-67(50,65)66(54)77/h5-7,11-12,14-16,19-20,22,24,28,32-33,35-36,39-40,43,46,49-50,52-54,57,64,66,68-72,74,76-77H,4,8-10,13,18,23,25-27,29-31,34,37-38H2,1-3H3/t40-,43+,46+,49-,50+,52+,53-,54+,57-,64+,66+,67+/m1/s1. The number of carbonyl (C=O) groups is 2. The third-order valence-corrected chi connectivity index (χ3v) is 18.8. The van der Waals surface area contributed by atoms with Crippen molar-refractivity contribution in [1.82, 2.24) is 15.6 Å². The number of anilines is 1. The van der Waals surface area contributed by atoms with Gasteiger partial charge in [-0.2, -0.15) is 0 Å². The van der Waals surface area contributed by atoms with Crippen molar-refractivity contribution in [2.24, 2.45) is 35.5 Å². The number of aromatic amines is 1. The lowest BCUT2D eigenvalue weighted by molar-refractivity contribution is -0.142. The highest BCUT2D eigenvalue weighted by atomic mass is 16.5. The first-order chi connectivity index (χ1) is 37.9. The number of allylic oxidation sites excluding steroid dienone is 3. The SMILES string of the molecule is CCC[C@H]1[C@@H]2C[C@@H](CC3=CCNC(=C3)Nc3ccc4ccc(cc4c3)C[C@H](O)CNC[C@@H](C)c3c[nH]c4c3C=C[C@@H]3CCCC[C@@]43[C@H]1O)C[C@@H]1C#C[C@H](c3ccccc3)c3cc(O)c(OC)cc3CCC(=O)[C@H](O)C(=O)[C@@H]1C2. The Kier molecular flexibility index (Phi) is 15.9. The Morgan fingerprint density at radius 2 is 1.72 bits per heavy atom. The van der Waals surface area contributed by atoms with Gasteiger partial charge in [0.2, 0.25) is 0 Å². The molecule has 408 valence electrons. The first-order valence-electron chi connectivity index (χ1n) is 29.0. The van der Waals surface area contributed by atoms with E-state index >= 15 is 4.79 Å². The lowest BCUT2D eigenvalue weighted by Gasteiger charge is -2.51. The van der Waals surface area contributed by atoms with Gasteiger partial charge in [-0.3, -0.25) is 9.59 Å². The van der Waals surface area contributed by atoms with E-state index in [1.807, 2.05) is 30.3 Å². The molecule has 3 heterocycles. The zero-order valence-electron chi connectivity index (χ0n) is 45.6. The Labute approximate surface area is 460 Å². The first-order valence-corrected chi connectivity index (χ1v) is 29.0. The van der Waals surface area contributed by atoms with Crippen molar-refractivity contribution in [1.29, 1.82) is 0 Å². The zero-order chi connectivity index (χ0) is 54.1. The number of dihydropyridines is 1. The highest BCUT2D eigenvalue weighted by molar-refractivity contribution is 6.06. The fourth-order valence-corrected chi connectivity index (χ4v) is 14.9. The van der Waals surface area contributed by atoms with Crippen LogP contribution in [0.4, 0.5) is 5.69 Å². The maximum atomic E-state index is 15.3. The molecule has 5 aromatic rings. The minimum Gasteiger partial charge on any atom is -0.504 e. The van der Waals surface area contributed by atoms with Crippen LogP contribution in [0.3, 0.4) is 0 Å². The second-order valence-corrected chi connectivity index (χ2v) is 23.7. The van der Waals surface area contributed by atoms with Gasteiger partial charge in [-0.15, -0.1) is 0 Å². The maximum absolute atomic E-state index is 15.3. The Bertz CT molecular complexity index is 3180. The summed E-state index contributed by atoms with van der Waals surface area (Å²) in [5, 5.41) is 61.5. The molecule has 1 spiro atoms. The number of hydrogen-bond donors (Lipinski definition) is 8. The molecule has 11 bridgehead atoms. The molecule has 0 unspecified atom stereocenters. The average molecular weight is 1050 g/mol. The van der Waals surface area contributed by atoms with E-state index in [-0.39, 0.29) is 53.9 Å². The van der Waals surface area contributed by atoms with Gasteiger partial charge in [0.05, 0.1) is 25.2 Å². The Balaban J connectivity index is 1.05. The number of aryl methyl sites for hydroxylation is 1. The molecule has 0 saturated heterocycles. The van der Waals surface area contributed by atoms with E-state index < -0.39 is 53.0 Å². The molecule has 0 amide bonds. The van der Waals surface area contributed by atoms with E-state index in [1.165, 1.54) is 12.7 Å². The molecule has 78 heavy (non-hydrogen) atoms. The van der Waals surface area contributed by atoms with E-state index in [0.717, 1.165) is 106 Å². The number of ether oxygens (including phenoxy) is 1. The number of phenols is 1. The molecule has 11 heteroatoms. The number of carbonyl (C=O) groups excluding carboxylic acids is 2. The summed E-state index contributed by atoms with van der Waals surface area (Å²) < 4.78 is 5.56. The molecule has 2 saturated carbocycles. The number of aromatic hydroxyl groups is 1. The molecule has 11 nitrogen and oxygen atoms in total. The summed E-state index contributed by atoms with van der Waals surface area (Å²) in [6.07, 6.45) is 16.6. The lowest BCUT2D eigenvalue weighted by atomic mass is 9.54. The van der Waals surface area contributed by atoms with E-state index in [1.54, 1.807) is 12.1 Å². The molecule has 6 aliphatic rings. The van der Waals surface area contributed by atoms with Crippen molar-refractivity contribution < 1.29 is 34.8 Å². The highest BCUT2D eigenvalue weighted by Crippen LogP contribution is 2.56. The van der Waals surface area contributed by atoms with Crippen molar-refractivity contribution in [2.75, 3.05) is 32.1 Å². The molecular formula is C67H78N4O7. The summed E-state index contributed by atoms with van der Waals surface area (Å²) >= 11 is 0. The van der Waals surface area contributed by atoms with E-state index in [0.29, 0.717) is 45.3 Å².